The lowest BCUT2D eigenvalue weighted by molar-refractivity contribution is -0.140. The molecule has 4 atom stereocenters. The summed E-state index contributed by atoms with van der Waals surface area (Å²) in [6, 6.07) is 9.64. The highest BCUT2D eigenvalue weighted by molar-refractivity contribution is 5.72. The minimum atomic E-state index is -4.56. The number of fused-ring (bicyclic) bond motifs is 3. The molecule has 1 saturated carbocycles. The highest BCUT2D eigenvalue weighted by Gasteiger charge is 2.53. The van der Waals surface area contributed by atoms with E-state index in [4.69, 9.17) is 9.47 Å². The van der Waals surface area contributed by atoms with Gasteiger partial charge in [0.25, 0.3) is 0 Å². The SMILES string of the molecule is COC(=O)Cc1cccc(Oc2ccc(C(F)(F)F)cc2CN2C(=O)OC3C4C=CC=CC4CC32)c1. The van der Waals surface area contributed by atoms with Gasteiger partial charge in [-0.25, -0.2) is 4.79 Å². The van der Waals surface area contributed by atoms with E-state index >= 15 is 0 Å². The van der Waals surface area contributed by atoms with E-state index in [9.17, 15) is 22.8 Å². The zero-order valence-electron chi connectivity index (χ0n) is 19.4. The Morgan fingerprint density at radius 1 is 1.14 bits per heavy atom. The first-order chi connectivity index (χ1) is 17.2. The van der Waals surface area contributed by atoms with Crippen LogP contribution in [-0.4, -0.2) is 36.2 Å². The summed E-state index contributed by atoms with van der Waals surface area (Å²) in [5.74, 6) is 0.386. The Labute approximate surface area is 205 Å². The molecule has 9 heteroatoms. The second kappa shape index (κ2) is 9.37. The molecule has 4 unspecified atom stereocenters. The minimum absolute atomic E-state index is 0.0292. The van der Waals surface area contributed by atoms with Gasteiger partial charge in [0.2, 0.25) is 0 Å². The molecule has 0 radical (unpaired) electrons. The Balaban J connectivity index is 1.43. The number of carbonyl (C=O) groups is 2. The molecule has 188 valence electrons. The van der Waals surface area contributed by atoms with Gasteiger partial charge in [0.1, 0.15) is 17.6 Å². The van der Waals surface area contributed by atoms with Crippen LogP contribution in [-0.2, 0) is 33.4 Å². The first-order valence-corrected chi connectivity index (χ1v) is 11.6. The predicted molar refractivity (Wildman–Crippen MR) is 123 cm³/mol. The van der Waals surface area contributed by atoms with E-state index in [0.29, 0.717) is 17.7 Å². The number of esters is 1. The molecule has 2 aromatic carbocycles. The van der Waals surface area contributed by atoms with Crippen molar-refractivity contribution in [2.24, 2.45) is 11.8 Å². The molecular weight excluding hydrogens is 475 g/mol. The predicted octanol–water partition coefficient (Wildman–Crippen LogP) is 5.66. The lowest BCUT2D eigenvalue weighted by Gasteiger charge is -2.23. The molecule has 3 aliphatic rings. The Morgan fingerprint density at radius 3 is 2.72 bits per heavy atom. The standard InChI is InChI=1S/C27H24F3NO5/c1-34-24(32)12-16-5-4-7-20(11-16)35-23-10-9-19(27(28,29)30)13-18(23)15-31-22-14-17-6-2-3-8-21(17)25(22)36-26(31)33/h2-11,13,17,21-22,25H,12,14-15H2,1H3. The lowest BCUT2D eigenvalue weighted by Crippen LogP contribution is -2.34. The molecule has 0 N–H and O–H groups in total. The third-order valence-corrected chi connectivity index (χ3v) is 6.87. The first-order valence-electron chi connectivity index (χ1n) is 11.6. The molecule has 2 aromatic rings. The molecular formula is C27H24F3NO5. The summed E-state index contributed by atoms with van der Waals surface area (Å²) in [6.45, 7) is -0.0893. The van der Waals surface area contributed by atoms with E-state index in [1.807, 2.05) is 18.2 Å². The fraction of sp³-hybridized carbons (Fsp3) is 0.333. The fourth-order valence-corrected chi connectivity index (χ4v) is 5.14. The number of hydrogen-bond donors (Lipinski definition) is 0. The van der Waals surface area contributed by atoms with Crippen LogP contribution in [0.25, 0.3) is 0 Å². The van der Waals surface area contributed by atoms with Crippen molar-refractivity contribution in [2.75, 3.05) is 7.11 Å². The smallest absolute Gasteiger partial charge is 0.416 e. The highest BCUT2D eigenvalue weighted by atomic mass is 19.4. The summed E-state index contributed by atoms with van der Waals surface area (Å²) < 4.78 is 56.9. The molecule has 36 heavy (non-hydrogen) atoms. The Kier molecular flexibility index (Phi) is 6.24. The number of carbonyl (C=O) groups excluding carboxylic acids is 2. The van der Waals surface area contributed by atoms with Crippen molar-refractivity contribution >= 4 is 12.1 Å². The second-order valence-corrected chi connectivity index (χ2v) is 9.11. The summed E-state index contributed by atoms with van der Waals surface area (Å²) in [5, 5.41) is 0. The maximum Gasteiger partial charge on any atom is 0.416 e. The van der Waals surface area contributed by atoms with E-state index in [-0.39, 0.29) is 48.3 Å². The second-order valence-electron chi connectivity index (χ2n) is 9.11. The average Bonchev–Trinajstić information content (AvgIpc) is 3.35. The third-order valence-electron chi connectivity index (χ3n) is 6.87. The van der Waals surface area contributed by atoms with Crippen LogP contribution in [0.2, 0.25) is 0 Å². The summed E-state index contributed by atoms with van der Waals surface area (Å²) in [5.41, 5.74) is 0.00885. The van der Waals surface area contributed by atoms with Crippen LogP contribution in [0.1, 0.15) is 23.1 Å². The zero-order chi connectivity index (χ0) is 25.4. The van der Waals surface area contributed by atoms with Crippen LogP contribution in [0, 0.1) is 11.8 Å². The molecule has 1 aliphatic heterocycles. The van der Waals surface area contributed by atoms with Gasteiger partial charge in [0, 0.05) is 11.5 Å². The maximum atomic E-state index is 13.5. The number of nitrogens with zero attached hydrogens (tertiary/aromatic N) is 1. The number of alkyl halides is 3. The quantitative estimate of drug-likeness (QED) is 0.480. The molecule has 2 fully saturated rings. The van der Waals surface area contributed by atoms with Crippen LogP contribution in [0.15, 0.2) is 66.8 Å². The highest BCUT2D eigenvalue weighted by Crippen LogP contribution is 2.45. The van der Waals surface area contributed by atoms with Gasteiger partial charge >= 0.3 is 18.2 Å². The van der Waals surface area contributed by atoms with Crippen LogP contribution in [0.4, 0.5) is 18.0 Å². The van der Waals surface area contributed by atoms with Crippen LogP contribution < -0.4 is 4.74 Å². The topological polar surface area (TPSA) is 65.1 Å². The normalized spacial score (nSPS) is 24.3. The van der Waals surface area contributed by atoms with Crippen LogP contribution in [0.5, 0.6) is 11.5 Å². The molecule has 5 rings (SSSR count). The third kappa shape index (κ3) is 4.69. The van der Waals surface area contributed by atoms with Crippen molar-refractivity contribution in [3.05, 3.63) is 83.5 Å². The number of allylic oxidation sites excluding steroid dienone is 3. The molecule has 0 bridgehead atoms. The van der Waals surface area contributed by atoms with E-state index in [1.54, 1.807) is 24.3 Å². The van der Waals surface area contributed by atoms with Crippen molar-refractivity contribution in [1.82, 2.24) is 4.90 Å². The summed E-state index contributed by atoms with van der Waals surface area (Å²) >= 11 is 0. The summed E-state index contributed by atoms with van der Waals surface area (Å²) in [4.78, 5) is 25.9. The molecule has 0 spiro atoms. The van der Waals surface area contributed by atoms with Gasteiger partial charge in [-0.05, 0) is 48.2 Å². The molecule has 2 aliphatic carbocycles. The van der Waals surface area contributed by atoms with Crippen LogP contribution >= 0.6 is 0 Å². The molecule has 1 heterocycles. The first kappa shape index (κ1) is 24.0. The van der Waals surface area contributed by atoms with E-state index in [0.717, 1.165) is 12.1 Å². The molecule has 1 amide bonds. The lowest BCUT2D eigenvalue weighted by atomic mass is 9.91. The van der Waals surface area contributed by atoms with Crippen molar-refractivity contribution in [3.8, 4) is 11.5 Å². The van der Waals surface area contributed by atoms with Crippen molar-refractivity contribution < 1.29 is 37.0 Å². The molecule has 6 nitrogen and oxygen atoms in total. The van der Waals surface area contributed by atoms with Crippen molar-refractivity contribution in [3.63, 3.8) is 0 Å². The maximum absolute atomic E-state index is 13.5. The Hall–Kier alpha value is -3.75. The van der Waals surface area contributed by atoms with Gasteiger partial charge < -0.3 is 14.2 Å². The fourth-order valence-electron chi connectivity index (χ4n) is 5.14. The molecule has 1 saturated heterocycles. The van der Waals surface area contributed by atoms with Crippen molar-refractivity contribution in [1.29, 1.82) is 0 Å². The van der Waals surface area contributed by atoms with Gasteiger partial charge in [-0.1, -0.05) is 36.4 Å². The zero-order valence-corrected chi connectivity index (χ0v) is 19.4. The largest absolute Gasteiger partial charge is 0.469 e. The Bertz CT molecular complexity index is 1240. The van der Waals surface area contributed by atoms with Gasteiger partial charge in [-0.15, -0.1) is 0 Å². The summed E-state index contributed by atoms with van der Waals surface area (Å²) in [7, 11) is 1.29. The van der Waals surface area contributed by atoms with Gasteiger partial charge in [0.15, 0.2) is 0 Å². The Morgan fingerprint density at radius 2 is 1.94 bits per heavy atom. The number of halogens is 3. The van der Waals surface area contributed by atoms with Crippen molar-refractivity contribution in [2.45, 2.75) is 37.7 Å². The van der Waals surface area contributed by atoms with E-state index < -0.39 is 23.8 Å². The molecule has 0 aromatic heterocycles. The van der Waals surface area contributed by atoms with Gasteiger partial charge in [-0.3, -0.25) is 9.69 Å². The monoisotopic (exact) mass is 499 g/mol. The summed E-state index contributed by atoms with van der Waals surface area (Å²) in [6.07, 6.45) is 3.24. The number of amides is 1. The number of benzene rings is 2. The van der Waals surface area contributed by atoms with E-state index in [2.05, 4.69) is 10.8 Å². The minimum Gasteiger partial charge on any atom is -0.469 e. The number of hydrogen-bond acceptors (Lipinski definition) is 5. The number of methoxy groups -OCH3 is 1. The average molecular weight is 499 g/mol. The van der Waals surface area contributed by atoms with Crippen LogP contribution in [0.3, 0.4) is 0 Å². The number of ether oxygens (including phenoxy) is 3. The van der Waals surface area contributed by atoms with Gasteiger partial charge in [0.05, 0.1) is 31.7 Å². The van der Waals surface area contributed by atoms with Gasteiger partial charge in [-0.2, -0.15) is 13.2 Å². The number of rotatable bonds is 6. The van der Waals surface area contributed by atoms with E-state index in [1.165, 1.54) is 18.1 Å².